The maximum Gasteiger partial charge on any atom is 0.0856 e. The molecule has 1 atom stereocenters. The topological polar surface area (TPSA) is 0 Å². The summed E-state index contributed by atoms with van der Waals surface area (Å²) in [6.07, 6.45) is 15.0. The van der Waals surface area contributed by atoms with Crippen LogP contribution in [0.5, 0.6) is 0 Å². The summed E-state index contributed by atoms with van der Waals surface area (Å²) in [5, 5.41) is 0. The molecule has 0 aromatic carbocycles. The van der Waals surface area contributed by atoms with Gasteiger partial charge in [-0.25, -0.2) is 0 Å². The molecule has 0 heterocycles. The second kappa shape index (κ2) is 19.0. The van der Waals surface area contributed by atoms with Crippen LogP contribution in [0.25, 0.3) is 0 Å². The van der Waals surface area contributed by atoms with Crippen molar-refractivity contribution in [1.82, 2.24) is 0 Å². The molecule has 0 aliphatic heterocycles. The first-order chi connectivity index (χ1) is 16.8. The van der Waals surface area contributed by atoms with Crippen molar-refractivity contribution in [2.24, 2.45) is 5.92 Å². The third kappa shape index (κ3) is 10.3. The van der Waals surface area contributed by atoms with Gasteiger partial charge in [0.05, 0.1) is 24.2 Å². The van der Waals surface area contributed by atoms with Crippen molar-refractivity contribution in [2.45, 2.75) is 169 Å². The van der Waals surface area contributed by atoms with E-state index >= 15 is 0 Å². The molecule has 0 rings (SSSR count). The largest absolute Gasteiger partial charge is 0.134 e. The molecule has 0 aromatic rings. The quantitative estimate of drug-likeness (QED) is 0.0780. The lowest BCUT2D eigenvalue weighted by atomic mass is 10.0. The highest BCUT2D eigenvalue weighted by Crippen LogP contribution is 2.40. The Morgan fingerprint density at radius 1 is 0.571 bits per heavy atom. The predicted molar refractivity (Wildman–Crippen MR) is 174 cm³/mol. The number of allylic oxidation sites excluding steroid dienone is 2. The summed E-state index contributed by atoms with van der Waals surface area (Å²) in [4.78, 5) is 1.93. The van der Waals surface area contributed by atoms with Crippen LogP contribution in [0.1, 0.15) is 114 Å². The Hall–Kier alpha value is -0.0894. The number of unbranched alkanes of at least 4 members (excludes halogenated alkanes) is 5. The van der Waals surface area contributed by atoms with Gasteiger partial charge in [-0.2, -0.15) is 0 Å². The van der Waals surface area contributed by atoms with Crippen molar-refractivity contribution in [2.75, 3.05) is 0 Å². The Balaban J connectivity index is 6.43. The number of hydrogen-bond donors (Lipinski definition) is 0. The molecular weight excluding hydrogens is 469 g/mol. The molecule has 206 valence electrons. The van der Waals surface area contributed by atoms with Crippen molar-refractivity contribution < 1.29 is 0 Å². The second-order valence-electron chi connectivity index (χ2n) is 11.4. The molecule has 0 aliphatic carbocycles. The van der Waals surface area contributed by atoms with Crippen LogP contribution in [0.15, 0.2) is 28.4 Å². The van der Waals surface area contributed by atoms with Crippen LogP contribution >= 0.6 is 0 Å². The molecule has 0 amide bonds. The average Bonchev–Trinajstić information content (AvgIpc) is 2.91. The van der Waals surface area contributed by atoms with E-state index in [0.29, 0.717) is 5.92 Å². The molecule has 0 spiro atoms. The SMILES string of the molecule is CCCCCCCCC(C=C=C([Si](CC)(CC)CC)[Si](CC)(CC)CC)/C=C/[Si](CC)(CC)CC. The number of rotatable bonds is 21. The van der Waals surface area contributed by atoms with E-state index in [1.54, 1.807) is 0 Å². The highest BCUT2D eigenvalue weighted by atomic mass is 28.4. The van der Waals surface area contributed by atoms with E-state index in [4.69, 9.17) is 0 Å². The summed E-state index contributed by atoms with van der Waals surface area (Å²) in [6, 6.07) is 12.6. The second-order valence-corrected chi connectivity index (χ2v) is 27.4. The molecule has 0 bridgehead atoms. The maximum absolute atomic E-state index is 4.24. The highest BCUT2D eigenvalue weighted by Gasteiger charge is 2.43. The van der Waals surface area contributed by atoms with E-state index in [0.717, 1.165) is 0 Å². The Labute approximate surface area is 226 Å². The van der Waals surface area contributed by atoms with Crippen LogP contribution in [0.3, 0.4) is 0 Å². The molecule has 0 aromatic heterocycles. The lowest BCUT2D eigenvalue weighted by molar-refractivity contribution is 0.564. The van der Waals surface area contributed by atoms with Crippen LogP contribution in [-0.4, -0.2) is 24.2 Å². The molecule has 1 unspecified atom stereocenters. The van der Waals surface area contributed by atoms with E-state index in [2.05, 4.69) is 92.8 Å². The van der Waals surface area contributed by atoms with Gasteiger partial charge in [-0.15, -0.1) is 5.73 Å². The fourth-order valence-corrected chi connectivity index (χ4v) is 22.9. The highest BCUT2D eigenvalue weighted by molar-refractivity contribution is 7.07. The Kier molecular flexibility index (Phi) is 19.0. The lowest BCUT2D eigenvalue weighted by Crippen LogP contribution is -2.49. The normalized spacial score (nSPS) is 13.8. The van der Waals surface area contributed by atoms with Gasteiger partial charge in [0.2, 0.25) is 0 Å². The van der Waals surface area contributed by atoms with Gasteiger partial charge in [-0.3, -0.25) is 0 Å². The van der Waals surface area contributed by atoms with E-state index in [1.807, 2.05) is 4.82 Å². The Morgan fingerprint density at radius 3 is 1.40 bits per heavy atom. The van der Waals surface area contributed by atoms with Crippen molar-refractivity contribution >= 4 is 24.2 Å². The lowest BCUT2D eigenvalue weighted by Gasteiger charge is -2.41. The van der Waals surface area contributed by atoms with E-state index in [1.165, 1.54) is 99.3 Å². The molecule has 0 radical (unpaired) electrons. The minimum atomic E-state index is -1.42. The van der Waals surface area contributed by atoms with Crippen molar-refractivity contribution in [3.05, 3.63) is 28.4 Å². The summed E-state index contributed by atoms with van der Waals surface area (Å²) in [6.45, 7) is 24.6. The summed E-state index contributed by atoms with van der Waals surface area (Å²) < 4.78 is 0. The maximum atomic E-state index is 4.24. The third-order valence-corrected chi connectivity index (χ3v) is 29.1. The summed E-state index contributed by atoms with van der Waals surface area (Å²) >= 11 is 0. The Bertz CT molecular complexity index is 568. The van der Waals surface area contributed by atoms with Gasteiger partial charge in [0, 0.05) is 5.92 Å². The standard InChI is InChI=1S/C32H66Si3/c1-11-21-22-23-24-25-26-31(29-30-33(12-2,13-3)14-4)27-28-32(34(15-5,16-6)17-7)35(18-8,19-9)20-10/h27,29-31H,11-26H2,1-10H3/b30-29+. The minimum absolute atomic E-state index is 0.585. The van der Waals surface area contributed by atoms with Crippen LogP contribution in [-0.2, 0) is 0 Å². The fraction of sp³-hybridized carbons (Fsp3) is 0.844. The summed E-state index contributed by atoms with van der Waals surface area (Å²) in [5.41, 5.74) is 6.99. The molecular formula is C32H66Si3. The first kappa shape index (κ1) is 34.9. The first-order valence-corrected chi connectivity index (χ1v) is 23.9. The zero-order chi connectivity index (χ0) is 26.8. The van der Waals surface area contributed by atoms with Gasteiger partial charge in [-0.1, -0.05) is 179 Å². The average molecular weight is 535 g/mol. The van der Waals surface area contributed by atoms with Crippen molar-refractivity contribution in [3.8, 4) is 0 Å². The molecule has 0 nitrogen and oxygen atoms in total. The molecule has 0 fully saturated rings. The van der Waals surface area contributed by atoms with E-state index in [-0.39, 0.29) is 0 Å². The van der Waals surface area contributed by atoms with Crippen LogP contribution in [0.4, 0.5) is 0 Å². The zero-order valence-corrected chi connectivity index (χ0v) is 29.1. The van der Waals surface area contributed by atoms with Crippen LogP contribution < -0.4 is 0 Å². The van der Waals surface area contributed by atoms with Crippen molar-refractivity contribution in [3.63, 3.8) is 0 Å². The molecule has 0 saturated heterocycles. The van der Waals surface area contributed by atoms with Gasteiger partial charge >= 0.3 is 0 Å². The van der Waals surface area contributed by atoms with E-state index in [9.17, 15) is 0 Å². The minimum Gasteiger partial charge on any atom is -0.134 e. The van der Waals surface area contributed by atoms with Crippen LogP contribution in [0, 0.1) is 5.92 Å². The van der Waals surface area contributed by atoms with Gasteiger partial charge in [0.1, 0.15) is 0 Å². The van der Waals surface area contributed by atoms with Gasteiger partial charge in [0.25, 0.3) is 0 Å². The first-order valence-electron chi connectivity index (χ1n) is 16.0. The Morgan fingerprint density at radius 2 is 1.00 bits per heavy atom. The van der Waals surface area contributed by atoms with Gasteiger partial charge in [-0.05, 0) is 12.5 Å². The molecule has 0 N–H and O–H groups in total. The van der Waals surface area contributed by atoms with Gasteiger partial charge in [0.15, 0.2) is 0 Å². The van der Waals surface area contributed by atoms with Crippen molar-refractivity contribution in [1.29, 1.82) is 0 Å². The molecule has 35 heavy (non-hydrogen) atoms. The molecule has 0 saturated carbocycles. The third-order valence-electron chi connectivity index (χ3n) is 10.3. The smallest absolute Gasteiger partial charge is 0.0856 e. The zero-order valence-electron chi connectivity index (χ0n) is 26.1. The van der Waals surface area contributed by atoms with E-state index < -0.39 is 24.2 Å². The monoisotopic (exact) mass is 534 g/mol. The predicted octanol–water partition coefficient (Wildman–Crippen LogP) is 12.1. The summed E-state index contributed by atoms with van der Waals surface area (Å²) in [7, 11) is -4.08. The summed E-state index contributed by atoms with van der Waals surface area (Å²) in [5.74, 6) is 0.585. The van der Waals surface area contributed by atoms with Gasteiger partial charge < -0.3 is 0 Å². The fourth-order valence-electron chi connectivity index (χ4n) is 6.45. The number of hydrogen-bond acceptors (Lipinski definition) is 0. The molecule has 0 aliphatic rings. The van der Waals surface area contributed by atoms with Crippen LogP contribution in [0.2, 0.25) is 54.4 Å². The molecule has 3 heteroatoms.